The molecule has 9 heteroatoms. The first-order valence-electron chi connectivity index (χ1n) is 8.08. The van der Waals surface area contributed by atoms with Crippen LogP contribution >= 0.6 is 0 Å². The van der Waals surface area contributed by atoms with Crippen molar-refractivity contribution in [2.75, 3.05) is 19.8 Å². The molecule has 0 spiro atoms. The van der Waals surface area contributed by atoms with Crippen LogP contribution in [0.25, 0.3) is 10.9 Å². The number of nitrogens with zero attached hydrogens (tertiary/aromatic N) is 2. The fourth-order valence-corrected chi connectivity index (χ4v) is 2.64. The summed E-state index contributed by atoms with van der Waals surface area (Å²) >= 11 is 0. The Labute approximate surface area is 152 Å². The molecule has 0 unspecified atom stereocenters. The normalized spacial score (nSPS) is 13.2. The van der Waals surface area contributed by atoms with E-state index in [0.717, 1.165) is 0 Å². The van der Waals surface area contributed by atoms with Crippen LogP contribution in [0.5, 0.6) is 23.1 Å². The number of amides is 1. The number of nitrogens with one attached hydrogen (secondary N) is 1. The van der Waals surface area contributed by atoms with Gasteiger partial charge in [-0.15, -0.1) is 10.2 Å². The van der Waals surface area contributed by atoms with E-state index < -0.39 is 18.3 Å². The van der Waals surface area contributed by atoms with E-state index >= 15 is 0 Å². The highest BCUT2D eigenvalue weighted by Crippen LogP contribution is 2.42. The Morgan fingerprint density at radius 3 is 2.74 bits per heavy atom. The minimum Gasteiger partial charge on any atom is -0.493 e. The predicted octanol–water partition coefficient (Wildman–Crippen LogP) is 3.47. The molecule has 2 aromatic carbocycles. The van der Waals surface area contributed by atoms with Crippen molar-refractivity contribution < 1.29 is 28.5 Å². The number of aromatic nitrogens is 1. The van der Waals surface area contributed by atoms with Gasteiger partial charge in [-0.3, -0.25) is 4.79 Å². The summed E-state index contributed by atoms with van der Waals surface area (Å²) in [6.07, 6.45) is 0. The van der Waals surface area contributed by atoms with Crippen molar-refractivity contribution in [2.45, 2.75) is 0 Å². The maximum Gasteiger partial charge on any atom is 0.302 e. The summed E-state index contributed by atoms with van der Waals surface area (Å²) < 4.78 is 29.5. The Balaban J connectivity index is 1.53. The molecule has 8 nitrogen and oxygen atoms in total. The molecule has 0 saturated carbocycles. The third kappa shape index (κ3) is 3.39. The van der Waals surface area contributed by atoms with E-state index in [9.17, 15) is 14.3 Å². The molecule has 2 N–H and O–H groups in total. The van der Waals surface area contributed by atoms with Gasteiger partial charge in [-0.2, -0.15) is 0 Å². The number of aromatic amines is 1. The number of hydrogen-bond acceptors (Lipinski definition) is 6. The first-order chi connectivity index (χ1) is 13.1. The minimum absolute atomic E-state index is 0.0558. The number of ether oxygens (including phenoxy) is 3. The molecule has 1 aliphatic rings. The van der Waals surface area contributed by atoms with Gasteiger partial charge in [-0.05, 0) is 18.2 Å². The largest absolute Gasteiger partial charge is 0.493 e. The lowest BCUT2D eigenvalue weighted by atomic mass is 10.2. The summed E-state index contributed by atoms with van der Waals surface area (Å²) in [7, 11) is 0. The third-order valence-corrected chi connectivity index (χ3v) is 3.86. The smallest absolute Gasteiger partial charge is 0.302 e. The SMILES string of the molecule is O=C(COc1ccccc1F)N=Nc1c(O)[nH]c2cc3c(cc12)OCCO3. The van der Waals surface area contributed by atoms with Gasteiger partial charge in [0.1, 0.15) is 13.2 Å². The molecule has 1 aliphatic heterocycles. The summed E-state index contributed by atoms with van der Waals surface area (Å²) in [5.41, 5.74) is 0.641. The van der Waals surface area contributed by atoms with E-state index in [4.69, 9.17) is 14.2 Å². The Morgan fingerprint density at radius 2 is 1.96 bits per heavy atom. The second kappa shape index (κ2) is 6.94. The van der Waals surface area contributed by atoms with Crippen molar-refractivity contribution in [3.63, 3.8) is 0 Å². The summed E-state index contributed by atoms with van der Waals surface area (Å²) in [6, 6.07) is 9.03. The lowest BCUT2D eigenvalue weighted by Gasteiger charge is -2.17. The number of carbonyl (C=O) groups excluding carboxylic acids is 1. The summed E-state index contributed by atoms with van der Waals surface area (Å²) in [5, 5.41) is 17.9. The molecule has 0 fully saturated rings. The van der Waals surface area contributed by atoms with Crippen LogP contribution in [0.2, 0.25) is 0 Å². The van der Waals surface area contributed by atoms with Crippen LogP contribution in [0.1, 0.15) is 0 Å². The Morgan fingerprint density at radius 1 is 1.22 bits per heavy atom. The number of aromatic hydroxyl groups is 1. The Bertz CT molecular complexity index is 1050. The van der Waals surface area contributed by atoms with E-state index in [-0.39, 0.29) is 17.3 Å². The molecule has 27 heavy (non-hydrogen) atoms. The summed E-state index contributed by atoms with van der Waals surface area (Å²) in [5.74, 6) is -0.557. The number of para-hydroxylation sites is 1. The molecule has 2 heterocycles. The lowest BCUT2D eigenvalue weighted by molar-refractivity contribution is -0.120. The minimum atomic E-state index is -0.732. The second-order valence-electron chi connectivity index (χ2n) is 5.68. The standard InChI is InChI=1S/C18H14FN3O5/c19-11-3-1-2-4-13(11)27-9-16(23)21-22-17-10-7-14-15(26-6-5-25-14)8-12(10)20-18(17)24/h1-4,7-8,20,24H,5-6,9H2. The maximum atomic E-state index is 13.5. The van der Waals surface area contributed by atoms with Gasteiger partial charge < -0.3 is 24.3 Å². The van der Waals surface area contributed by atoms with Crippen molar-refractivity contribution in [2.24, 2.45) is 10.2 Å². The molecular formula is C18H14FN3O5. The summed E-state index contributed by atoms with van der Waals surface area (Å²) in [4.78, 5) is 14.6. The van der Waals surface area contributed by atoms with Gasteiger partial charge >= 0.3 is 5.91 Å². The molecule has 1 aromatic heterocycles. The van der Waals surface area contributed by atoms with Gasteiger partial charge in [0.2, 0.25) is 5.88 Å². The highest BCUT2D eigenvalue weighted by molar-refractivity contribution is 5.96. The fraction of sp³-hybridized carbons (Fsp3) is 0.167. The molecule has 0 saturated heterocycles. The average molecular weight is 371 g/mol. The highest BCUT2D eigenvalue weighted by Gasteiger charge is 2.18. The molecule has 4 rings (SSSR count). The van der Waals surface area contributed by atoms with Gasteiger partial charge in [0, 0.05) is 11.5 Å². The van der Waals surface area contributed by atoms with Crippen LogP contribution in [0.3, 0.4) is 0 Å². The Kier molecular flexibility index (Phi) is 4.33. The first-order valence-corrected chi connectivity index (χ1v) is 8.08. The molecule has 0 bridgehead atoms. The summed E-state index contributed by atoms with van der Waals surface area (Å²) in [6.45, 7) is 0.367. The predicted molar refractivity (Wildman–Crippen MR) is 92.4 cm³/mol. The number of H-pyrrole nitrogens is 1. The van der Waals surface area contributed by atoms with Crippen LogP contribution in [0.4, 0.5) is 10.1 Å². The monoisotopic (exact) mass is 371 g/mol. The number of hydrogen-bond donors (Lipinski definition) is 2. The van der Waals surface area contributed by atoms with Crippen molar-refractivity contribution in [1.29, 1.82) is 0 Å². The van der Waals surface area contributed by atoms with E-state index in [1.807, 2.05) is 0 Å². The van der Waals surface area contributed by atoms with Crippen molar-refractivity contribution >= 4 is 22.5 Å². The van der Waals surface area contributed by atoms with E-state index in [1.54, 1.807) is 18.2 Å². The molecular weight excluding hydrogens is 357 g/mol. The highest BCUT2D eigenvalue weighted by atomic mass is 19.1. The van der Waals surface area contributed by atoms with Crippen LogP contribution in [-0.4, -0.2) is 35.8 Å². The molecule has 3 aromatic rings. The van der Waals surface area contributed by atoms with Gasteiger partial charge in [0.05, 0.1) is 5.52 Å². The van der Waals surface area contributed by atoms with Crippen molar-refractivity contribution in [3.05, 3.63) is 42.2 Å². The van der Waals surface area contributed by atoms with Crippen LogP contribution in [-0.2, 0) is 4.79 Å². The number of fused-ring (bicyclic) bond motifs is 2. The van der Waals surface area contributed by atoms with Crippen LogP contribution in [0, 0.1) is 5.82 Å². The van der Waals surface area contributed by atoms with Crippen molar-refractivity contribution in [3.8, 4) is 23.1 Å². The topological polar surface area (TPSA) is 106 Å². The number of rotatable bonds is 4. The average Bonchev–Trinajstić information content (AvgIpc) is 2.97. The number of carbonyl (C=O) groups is 1. The first kappa shape index (κ1) is 16.8. The fourth-order valence-electron chi connectivity index (χ4n) is 2.64. The van der Waals surface area contributed by atoms with Gasteiger partial charge in [-0.1, -0.05) is 12.1 Å². The molecule has 0 aliphatic carbocycles. The molecule has 138 valence electrons. The second-order valence-corrected chi connectivity index (χ2v) is 5.68. The van der Waals surface area contributed by atoms with E-state index in [2.05, 4.69) is 15.2 Å². The zero-order chi connectivity index (χ0) is 18.8. The Hall–Kier alpha value is -3.62. The lowest BCUT2D eigenvalue weighted by Crippen LogP contribution is -2.15. The van der Waals surface area contributed by atoms with Gasteiger partial charge in [0.25, 0.3) is 0 Å². The van der Waals surface area contributed by atoms with E-state index in [0.29, 0.717) is 35.6 Å². The van der Waals surface area contributed by atoms with Gasteiger partial charge in [-0.25, -0.2) is 4.39 Å². The molecule has 0 atom stereocenters. The quantitative estimate of drug-likeness (QED) is 0.683. The van der Waals surface area contributed by atoms with Crippen LogP contribution < -0.4 is 14.2 Å². The molecule has 1 amide bonds. The zero-order valence-electron chi connectivity index (χ0n) is 13.9. The van der Waals surface area contributed by atoms with E-state index in [1.165, 1.54) is 18.2 Å². The number of azo groups is 1. The zero-order valence-corrected chi connectivity index (χ0v) is 13.9. The number of benzene rings is 2. The van der Waals surface area contributed by atoms with Crippen LogP contribution in [0.15, 0.2) is 46.6 Å². The molecule has 0 radical (unpaired) electrons. The number of halogens is 1. The van der Waals surface area contributed by atoms with Crippen molar-refractivity contribution in [1.82, 2.24) is 4.98 Å². The maximum absolute atomic E-state index is 13.5. The third-order valence-electron chi connectivity index (χ3n) is 3.86. The van der Waals surface area contributed by atoms with Gasteiger partial charge in [0.15, 0.2) is 35.4 Å².